The van der Waals surface area contributed by atoms with Crippen LogP contribution in [-0.2, 0) is 6.42 Å². The minimum absolute atomic E-state index is 0.153. The number of halogens is 2. The van der Waals surface area contributed by atoms with E-state index in [1.54, 1.807) is 18.2 Å². The number of nitrogen functional groups attached to an aromatic ring is 1. The zero-order chi connectivity index (χ0) is 14.8. The number of anilines is 1. The van der Waals surface area contributed by atoms with Gasteiger partial charge in [0, 0.05) is 12.5 Å². The molecular weight excluding hydrogens is 278 g/mol. The first-order chi connectivity index (χ1) is 10.1. The Morgan fingerprint density at radius 2 is 1.81 bits per heavy atom. The van der Waals surface area contributed by atoms with Crippen molar-refractivity contribution in [1.82, 2.24) is 15.1 Å². The number of pyridine rings is 1. The van der Waals surface area contributed by atoms with Gasteiger partial charge in [-0.2, -0.15) is 4.98 Å². The first-order valence-corrected chi connectivity index (χ1v) is 6.10. The van der Waals surface area contributed by atoms with Gasteiger partial charge < -0.3 is 10.3 Å². The molecular formula is C14H10F2N4O. The average molecular weight is 288 g/mol. The molecule has 1 aromatic carbocycles. The number of nitrogens with two attached hydrogens (primary N) is 1. The lowest BCUT2D eigenvalue weighted by atomic mass is 10.1. The molecule has 2 heterocycles. The number of hydrogen-bond donors (Lipinski definition) is 1. The van der Waals surface area contributed by atoms with E-state index in [9.17, 15) is 8.78 Å². The summed E-state index contributed by atoms with van der Waals surface area (Å²) in [5.41, 5.74) is 6.44. The summed E-state index contributed by atoms with van der Waals surface area (Å²) in [7, 11) is 0. The van der Waals surface area contributed by atoms with Gasteiger partial charge in [-0.15, -0.1) is 0 Å². The molecule has 2 aromatic heterocycles. The molecule has 7 heteroatoms. The zero-order valence-electron chi connectivity index (χ0n) is 10.8. The molecule has 106 valence electrons. The Kier molecular flexibility index (Phi) is 3.31. The fourth-order valence-electron chi connectivity index (χ4n) is 1.90. The topological polar surface area (TPSA) is 77.8 Å². The summed E-state index contributed by atoms with van der Waals surface area (Å²) in [6.45, 7) is 0. The van der Waals surface area contributed by atoms with E-state index in [1.165, 1.54) is 12.1 Å². The summed E-state index contributed by atoms with van der Waals surface area (Å²) >= 11 is 0. The first-order valence-electron chi connectivity index (χ1n) is 6.10. The molecule has 0 fully saturated rings. The second kappa shape index (κ2) is 5.28. The van der Waals surface area contributed by atoms with Gasteiger partial charge in [0.25, 0.3) is 5.89 Å². The lowest BCUT2D eigenvalue weighted by Crippen LogP contribution is -1.94. The normalized spacial score (nSPS) is 10.8. The van der Waals surface area contributed by atoms with Crippen LogP contribution in [-0.4, -0.2) is 15.1 Å². The maximum atomic E-state index is 13.1. The van der Waals surface area contributed by atoms with Gasteiger partial charge in [0.15, 0.2) is 5.82 Å². The average Bonchev–Trinajstić information content (AvgIpc) is 2.86. The molecule has 0 saturated heterocycles. The van der Waals surface area contributed by atoms with Crippen LogP contribution in [0, 0.1) is 11.6 Å². The van der Waals surface area contributed by atoms with Crippen molar-refractivity contribution in [3.8, 4) is 11.6 Å². The van der Waals surface area contributed by atoms with Crippen LogP contribution in [0.15, 0.2) is 40.9 Å². The fraction of sp³-hybridized carbons (Fsp3) is 0.0714. The van der Waals surface area contributed by atoms with Crippen molar-refractivity contribution in [3.63, 3.8) is 0 Å². The van der Waals surface area contributed by atoms with Gasteiger partial charge in [0.05, 0.1) is 0 Å². The van der Waals surface area contributed by atoms with Gasteiger partial charge in [-0.05, 0) is 29.8 Å². The highest BCUT2D eigenvalue weighted by atomic mass is 19.1. The third-order valence-electron chi connectivity index (χ3n) is 2.74. The molecule has 0 bridgehead atoms. The Hall–Kier alpha value is -2.83. The standard InChI is InChI=1S/C14H10F2N4O/c15-9-4-8(5-10(16)7-9)6-13-19-14(21-20-13)11-2-1-3-12(17)18-11/h1-5,7H,6H2,(H2,17,18). The minimum atomic E-state index is -0.647. The second-order valence-electron chi connectivity index (χ2n) is 4.42. The SMILES string of the molecule is Nc1cccc(-c2nc(Cc3cc(F)cc(F)c3)no2)n1. The zero-order valence-corrected chi connectivity index (χ0v) is 10.8. The highest BCUT2D eigenvalue weighted by molar-refractivity contribution is 5.50. The summed E-state index contributed by atoms with van der Waals surface area (Å²) in [5, 5.41) is 3.77. The quantitative estimate of drug-likeness (QED) is 0.801. The van der Waals surface area contributed by atoms with Gasteiger partial charge in [0.1, 0.15) is 23.1 Å². The predicted octanol–water partition coefficient (Wildman–Crippen LogP) is 2.58. The number of benzene rings is 1. The van der Waals surface area contributed by atoms with E-state index >= 15 is 0 Å². The second-order valence-corrected chi connectivity index (χ2v) is 4.42. The van der Waals surface area contributed by atoms with Crippen molar-refractivity contribution in [2.45, 2.75) is 6.42 Å². The van der Waals surface area contributed by atoms with E-state index in [1.807, 2.05) is 0 Å². The Balaban J connectivity index is 1.85. The fourth-order valence-corrected chi connectivity index (χ4v) is 1.90. The highest BCUT2D eigenvalue weighted by Crippen LogP contribution is 2.17. The molecule has 3 aromatic rings. The van der Waals surface area contributed by atoms with Crippen LogP contribution in [0.25, 0.3) is 11.6 Å². The predicted molar refractivity (Wildman–Crippen MR) is 71.1 cm³/mol. The van der Waals surface area contributed by atoms with Crippen LogP contribution in [0.1, 0.15) is 11.4 Å². The summed E-state index contributed by atoms with van der Waals surface area (Å²) in [5.74, 6) is -0.453. The largest absolute Gasteiger partial charge is 0.384 e. The molecule has 0 unspecified atom stereocenters. The van der Waals surface area contributed by atoms with E-state index in [2.05, 4.69) is 15.1 Å². The minimum Gasteiger partial charge on any atom is -0.384 e. The molecule has 2 N–H and O–H groups in total. The lowest BCUT2D eigenvalue weighted by molar-refractivity contribution is 0.422. The van der Waals surface area contributed by atoms with Crippen molar-refractivity contribution >= 4 is 5.82 Å². The van der Waals surface area contributed by atoms with Gasteiger partial charge in [-0.25, -0.2) is 13.8 Å². The summed E-state index contributed by atoms with van der Waals surface area (Å²) in [6.07, 6.45) is 0.153. The van der Waals surface area contributed by atoms with E-state index in [0.29, 0.717) is 22.9 Å². The maximum absolute atomic E-state index is 13.1. The Morgan fingerprint density at radius 1 is 1.05 bits per heavy atom. The van der Waals surface area contributed by atoms with Crippen LogP contribution < -0.4 is 5.73 Å². The van der Waals surface area contributed by atoms with E-state index in [-0.39, 0.29) is 12.3 Å². The van der Waals surface area contributed by atoms with Crippen molar-refractivity contribution in [1.29, 1.82) is 0 Å². The summed E-state index contributed by atoms with van der Waals surface area (Å²) in [4.78, 5) is 8.19. The van der Waals surface area contributed by atoms with Crippen LogP contribution in [0.5, 0.6) is 0 Å². The van der Waals surface area contributed by atoms with E-state index in [0.717, 1.165) is 6.07 Å². The van der Waals surface area contributed by atoms with Gasteiger partial charge >= 0.3 is 0 Å². The molecule has 0 amide bonds. The van der Waals surface area contributed by atoms with Gasteiger partial charge in [0.2, 0.25) is 0 Å². The molecule has 0 aliphatic heterocycles. The molecule has 0 radical (unpaired) electrons. The molecule has 0 atom stereocenters. The number of rotatable bonds is 3. The van der Waals surface area contributed by atoms with Crippen molar-refractivity contribution in [3.05, 3.63) is 59.4 Å². The number of aromatic nitrogens is 3. The Bertz CT molecular complexity index is 768. The maximum Gasteiger partial charge on any atom is 0.276 e. The van der Waals surface area contributed by atoms with Gasteiger partial charge in [-0.3, -0.25) is 0 Å². The molecule has 0 aliphatic carbocycles. The number of hydrogen-bond acceptors (Lipinski definition) is 5. The van der Waals surface area contributed by atoms with Crippen LogP contribution in [0.3, 0.4) is 0 Å². The summed E-state index contributed by atoms with van der Waals surface area (Å²) in [6, 6.07) is 8.27. The van der Waals surface area contributed by atoms with E-state index in [4.69, 9.17) is 10.3 Å². The third kappa shape index (κ3) is 3.02. The van der Waals surface area contributed by atoms with Crippen LogP contribution in [0.2, 0.25) is 0 Å². The van der Waals surface area contributed by atoms with Crippen LogP contribution >= 0.6 is 0 Å². The van der Waals surface area contributed by atoms with Crippen LogP contribution in [0.4, 0.5) is 14.6 Å². The van der Waals surface area contributed by atoms with E-state index < -0.39 is 11.6 Å². The lowest BCUT2D eigenvalue weighted by Gasteiger charge is -1.98. The summed E-state index contributed by atoms with van der Waals surface area (Å²) < 4.78 is 31.3. The highest BCUT2D eigenvalue weighted by Gasteiger charge is 2.11. The molecule has 21 heavy (non-hydrogen) atoms. The smallest absolute Gasteiger partial charge is 0.276 e. The monoisotopic (exact) mass is 288 g/mol. The molecule has 0 saturated carbocycles. The molecule has 0 spiro atoms. The van der Waals surface area contributed by atoms with Crippen molar-refractivity contribution < 1.29 is 13.3 Å². The van der Waals surface area contributed by atoms with Crippen molar-refractivity contribution in [2.24, 2.45) is 0 Å². The molecule has 0 aliphatic rings. The Labute approximate surface area is 118 Å². The Morgan fingerprint density at radius 3 is 2.52 bits per heavy atom. The van der Waals surface area contributed by atoms with Crippen molar-refractivity contribution in [2.75, 3.05) is 5.73 Å². The molecule has 5 nitrogen and oxygen atoms in total. The first kappa shape index (κ1) is 13.2. The molecule has 3 rings (SSSR count). The third-order valence-corrected chi connectivity index (χ3v) is 2.74. The van der Waals surface area contributed by atoms with Gasteiger partial charge in [-0.1, -0.05) is 11.2 Å². The number of nitrogens with zero attached hydrogens (tertiary/aromatic N) is 3.